The second kappa shape index (κ2) is 56.9. The van der Waals surface area contributed by atoms with Crippen molar-refractivity contribution in [1.29, 1.82) is 0 Å². The lowest BCUT2D eigenvalue weighted by Gasteiger charge is -2.18. The minimum atomic E-state index is -0.790. The molecule has 0 aromatic heterocycles. The van der Waals surface area contributed by atoms with Crippen LogP contribution in [0.2, 0.25) is 0 Å². The summed E-state index contributed by atoms with van der Waals surface area (Å²) >= 11 is 0. The van der Waals surface area contributed by atoms with Gasteiger partial charge in [-0.1, -0.05) is 240 Å². The number of rotatable bonds is 51. The highest BCUT2D eigenvalue weighted by Gasteiger charge is 2.19. The molecule has 6 heteroatoms. The van der Waals surface area contributed by atoms with Crippen LogP contribution in [-0.4, -0.2) is 37.2 Å². The molecule has 6 nitrogen and oxygen atoms in total. The Morgan fingerprint density at radius 2 is 0.565 bits per heavy atom. The Balaban J connectivity index is 4.27. The summed E-state index contributed by atoms with van der Waals surface area (Å²) in [7, 11) is 0. The van der Waals surface area contributed by atoms with E-state index in [1.165, 1.54) is 96.3 Å². The molecule has 0 spiro atoms. The Morgan fingerprint density at radius 1 is 0.304 bits per heavy atom. The van der Waals surface area contributed by atoms with Crippen LogP contribution in [0.1, 0.15) is 265 Å². The molecule has 0 saturated carbocycles. The zero-order valence-corrected chi connectivity index (χ0v) is 45.0. The summed E-state index contributed by atoms with van der Waals surface area (Å²) in [5.74, 6) is -0.920. The average Bonchev–Trinajstić information content (AvgIpc) is 3.35. The SMILES string of the molecule is CC/C=C\C/C=C\C/C=C\C/C=C\C/C=C\CCCCCCCC(=O)OC(COC(=O)CCCCCCCCC)COC(=O)CCCCCCCCCC/C=C\C/C=C\C/C=C\CCCCCCC. The fourth-order valence-corrected chi connectivity index (χ4v) is 7.77. The number of esters is 3. The maximum atomic E-state index is 12.8. The van der Waals surface area contributed by atoms with Crippen molar-refractivity contribution in [2.24, 2.45) is 0 Å². The maximum absolute atomic E-state index is 12.8. The van der Waals surface area contributed by atoms with E-state index in [2.05, 4.69) is 118 Å². The molecule has 0 radical (unpaired) electrons. The van der Waals surface area contributed by atoms with Crippen molar-refractivity contribution in [3.8, 4) is 0 Å². The minimum absolute atomic E-state index is 0.0881. The molecule has 0 aliphatic heterocycles. The van der Waals surface area contributed by atoms with Gasteiger partial charge < -0.3 is 14.2 Å². The Hall–Kier alpha value is -3.67. The fraction of sp³-hybridized carbons (Fsp3) is 0.698. The van der Waals surface area contributed by atoms with E-state index in [0.717, 1.165) is 128 Å². The van der Waals surface area contributed by atoms with Gasteiger partial charge >= 0.3 is 17.9 Å². The predicted molar refractivity (Wildman–Crippen MR) is 297 cm³/mol. The summed E-state index contributed by atoms with van der Waals surface area (Å²) in [4.78, 5) is 38.0. The number of hydrogen-bond donors (Lipinski definition) is 0. The van der Waals surface area contributed by atoms with Gasteiger partial charge in [0.25, 0.3) is 0 Å². The Morgan fingerprint density at radius 3 is 0.884 bits per heavy atom. The molecule has 0 rings (SSSR count). The van der Waals surface area contributed by atoms with Crippen molar-refractivity contribution in [2.45, 2.75) is 271 Å². The van der Waals surface area contributed by atoms with Gasteiger partial charge in [0.05, 0.1) is 0 Å². The Kier molecular flexibility index (Phi) is 53.9. The summed E-state index contributed by atoms with van der Waals surface area (Å²) in [5, 5.41) is 0. The lowest BCUT2D eigenvalue weighted by molar-refractivity contribution is -0.167. The number of unbranched alkanes of at least 4 members (excludes halogenated alkanes) is 24. The van der Waals surface area contributed by atoms with Gasteiger partial charge in [-0.3, -0.25) is 14.4 Å². The van der Waals surface area contributed by atoms with Gasteiger partial charge in [-0.05, 0) is 103 Å². The number of hydrogen-bond acceptors (Lipinski definition) is 6. The van der Waals surface area contributed by atoms with E-state index in [-0.39, 0.29) is 31.1 Å². The standard InChI is InChI=1S/C63H106O6/c1-4-7-10-13-16-18-20-22-24-26-28-30-31-33-34-36-38-40-42-44-47-50-53-56-62(65)68-59-60(58-67-61(64)55-52-49-46-15-12-9-6-3)69-63(66)57-54-51-48-45-43-41-39-37-35-32-29-27-25-23-21-19-17-14-11-8-5-2/h8,11,17,19-20,22-23,25-26,28-29,31-33,37,39,60H,4-7,9-10,12-16,18,21,24,27,30,34-36,38,40-59H2,1-3H3/b11-8-,19-17-,22-20-,25-23-,28-26-,32-29-,33-31-,39-37-. The van der Waals surface area contributed by atoms with Gasteiger partial charge in [0.1, 0.15) is 13.2 Å². The first-order valence-electron chi connectivity index (χ1n) is 28.7. The smallest absolute Gasteiger partial charge is 0.306 e. The van der Waals surface area contributed by atoms with Crippen LogP contribution in [0.15, 0.2) is 97.2 Å². The van der Waals surface area contributed by atoms with Crippen molar-refractivity contribution >= 4 is 17.9 Å². The molecular formula is C63H106O6. The van der Waals surface area contributed by atoms with Crippen LogP contribution in [0.3, 0.4) is 0 Å². The molecule has 0 fully saturated rings. The van der Waals surface area contributed by atoms with E-state index in [1.807, 2.05) is 0 Å². The van der Waals surface area contributed by atoms with E-state index in [1.54, 1.807) is 0 Å². The Labute approximate surface area is 426 Å². The lowest BCUT2D eigenvalue weighted by Crippen LogP contribution is -2.30. The highest BCUT2D eigenvalue weighted by molar-refractivity contribution is 5.71. The van der Waals surface area contributed by atoms with Crippen molar-refractivity contribution in [3.05, 3.63) is 97.2 Å². The van der Waals surface area contributed by atoms with Crippen molar-refractivity contribution in [2.75, 3.05) is 13.2 Å². The van der Waals surface area contributed by atoms with E-state index in [0.29, 0.717) is 19.3 Å². The third-order valence-corrected chi connectivity index (χ3v) is 12.1. The molecule has 1 unspecified atom stereocenters. The molecule has 0 aliphatic rings. The first kappa shape index (κ1) is 65.3. The average molecular weight is 960 g/mol. The second-order valence-corrected chi connectivity index (χ2v) is 18.8. The summed E-state index contributed by atoms with van der Waals surface area (Å²) in [5.41, 5.74) is 0. The van der Waals surface area contributed by atoms with Gasteiger partial charge in [-0.2, -0.15) is 0 Å². The van der Waals surface area contributed by atoms with Crippen LogP contribution in [0, 0.1) is 0 Å². The van der Waals surface area contributed by atoms with E-state index in [4.69, 9.17) is 14.2 Å². The van der Waals surface area contributed by atoms with Gasteiger partial charge in [-0.25, -0.2) is 0 Å². The molecule has 0 N–H and O–H groups in total. The van der Waals surface area contributed by atoms with Crippen LogP contribution in [0.25, 0.3) is 0 Å². The number of ether oxygens (including phenoxy) is 3. The highest BCUT2D eigenvalue weighted by atomic mass is 16.6. The molecule has 0 bridgehead atoms. The van der Waals surface area contributed by atoms with Crippen LogP contribution in [0.4, 0.5) is 0 Å². The molecule has 1 atom stereocenters. The molecule has 0 heterocycles. The van der Waals surface area contributed by atoms with Crippen LogP contribution < -0.4 is 0 Å². The summed E-state index contributed by atoms with van der Waals surface area (Å²) < 4.78 is 16.8. The molecule has 394 valence electrons. The van der Waals surface area contributed by atoms with Gasteiger partial charge in [0, 0.05) is 19.3 Å². The summed E-state index contributed by atoms with van der Waals surface area (Å²) in [6.07, 6.45) is 75.6. The van der Waals surface area contributed by atoms with Crippen molar-refractivity contribution in [3.63, 3.8) is 0 Å². The molecule has 0 saturated heterocycles. The number of allylic oxidation sites excluding steroid dienone is 16. The largest absolute Gasteiger partial charge is 0.462 e. The van der Waals surface area contributed by atoms with E-state index >= 15 is 0 Å². The van der Waals surface area contributed by atoms with Gasteiger partial charge in [0.15, 0.2) is 6.10 Å². The molecule has 69 heavy (non-hydrogen) atoms. The molecule has 0 aliphatic carbocycles. The third-order valence-electron chi connectivity index (χ3n) is 12.1. The predicted octanol–water partition coefficient (Wildman–Crippen LogP) is 19.3. The van der Waals surface area contributed by atoms with Crippen LogP contribution in [0.5, 0.6) is 0 Å². The van der Waals surface area contributed by atoms with Gasteiger partial charge in [-0.15, -0.1) is 0 Å². The molecular weight excluding hydrogens is 853 g/mol. The molecule has 0 amide bonds. The number of carbonyl (C=O) groups is 3. The Bertz CT molecular complexity index is 1380. The fourth-order valence-electron chi connectivity index (χ4n) is 7.77. The summed E-state index contributed by atoms with van der Waals surface area (Å²) in [6.45, 7) is 6.45. The van der Waals surface area contributed by atoms with E-state index < -0.39 is 6.10 Å². The van der Waals surface area contributed by atoms with Crippen LogP contribution >= 0.6 is 0 Å². The zero-order chi connectivity index (χ0) is 50.0. The first-order chi connectivity index (χ1) is 34.0. The maximum Gasteiger partial charge on any atom is 0.306 e. The third kappa shape index (κ3) is 55.1. The second-order valence-electron chi connectivity index (χ2n) is 18.8. The normalized spacial score (nSPS) is 12.8. The van der Waals surface area contributed by atoms with Crippen LogP contribution in [-0.2, 0) is 28.6 Å². The lowest BCUT2D eigenvalue weighted by atomic mass is 10.1. The van der Waals surface area contributed by atoms with Gasteiger partial charge in [0.2, 0.25) is 0 Å². The molecule has 0 aromatic carbocycles. The molecule has 0 aromatic rings. The minimum Gasteiger partial charge on any atom is -0.462 e. The van der Waals surface area contributed by atoms with E-state index in [9.17, 15) is 14.4 Å². The van der Waals surface area contributed by atoms with Crippen molar-refractivity contribution in [1.82, 2.24) is 0 Å². The first-order valence-corrected chi connectivity index (χ1v) is 28.7. The summed E-state index contributed by atoms with van der Waals surface area (Å²) in [6, 6.07) is 0. The topological polar surface area (TPSA) is 78.9 Å². The van der Waals surface area contributed by atoms with Crippen molar-refractivity contribution < 1.29 is 28.6 Å². The monoisotopic (exact) mass is 959 g/mol. The zero-order valence-electron chi connectivity index (χ0n) is 45.0. The quantitative estimate of drug-likeness (QED) is 0.0262. The number of carbonyl (C=O) groups excluding carboxylic acids is 3. The highest BCUT2D eigenvalue weighted by Crippen LogP contribution is 2.14.